The van der Waals surface area contributed by atoms with E-state index in [1.54, 1.807) is 0 Å². The second-order valence-corrected chi connectivity index (χ2v) is 0. The second-order valence-electron chi connectivity index (χ2n) is 0. The number of hydrogen-bond donors (Lipinski definition) is 1. The molecule has 0 aliphatic heterocycles. The molecule has 1 nitrogen and oxygen atoms in total. The molecule has 23 valence electrons. The van der Waals surface area contributed by atoms with Gasteiger partial charge in [0.25, 0.3) is 0 Å². The molecule has 0 bridgehead atoms. The summed E-state index contributed by atoms with van der Waals surface area (Å²) in [4.78, 5) is 0. The molecule has 1 N–H and O–H groups in total. The quantitative estimate of drug-likeness (QED) is 0.531. The number of hydrogen-bond acceptors (Lipinski definition) is 1. The Morgan fingerprint density at radius 3 is 1.50 bits per heavy atom. The fourth-order valence-corrected chi connectivity index (χ4v) is 0. The average molecular weight is 180 g/mol. The Balaban J connectivity index is 0. The minimum atomic E-state index is 0.622. The van der Waals surface area contributed by atoms with Gasteiger partial charge < -0.3 is 5.11 Å². The summed E-state index contributed by atoms with van der Waals surface area (Å²) in [5.41, 5.74) is 0. The molecule has 0 saturated carbocycles. The molecule has 0 aromatic rings. The van der Waals surface area contributed by atoms with Crippen LogP contribution in [0.15, 0.2) is 0 Å². The van der Waals surface area contributed by atoms with Crippen molar-refractivity contribution in [2.45, 2.75) is 0 Å². The van der Waals surface area contributed by atoms with Gasteiger partial charge in [-0.3, -0.25) is 0 Å². The van der Waals surface area contributed by atoms with Crippen LogP contribution in [0.3, 0.4) is 0 Å². The van der Waals surface area contributed by atoms with Crippen LogP contribution in [0.5, 0.6) is 0 Å². The van der Waals surface area contributed by atoms with Gasteiger partial charge in [0, 0.05) is 7.11 Å². The van der Waals surface area contributed by atoms with Crippen molar-refractivity contribution in [1.29, 1.82) is 0 Å². The van der Waals surface area contributed by atoms with Crippen molar-refractivity contribution < 1.29 is 29.6 Å². The Labute approximate surface area is 45.1 Å². The molecule has 0 rings (SSSR count). The minimum absolute atomic E-state index is 0.622. The Morgan fingerprint density at radius 1 is 1.50 bits per heavy atom. The van der Waals surface area contributed by atoms with Crippen LogP contribution in [-0.2, 0) is 24.5 Å². The van der Waals surface area contributed by atoms with Crippen LogP contribution in [0.2, 0.25) is 0 Å². The Bertz CT molecular complexity index is 8.00. The fourth-order valence-electron chi connectivity index (χ4n) is 0. The molecular formula is CH4CdClO. The Hall–Kier alpha value is 1.17. The summed E-state index contributed by atoms with van der Waals surface area (Å²) in [5, 5.41) is 7.00. The van der Waals surface area contributed by atoms with E-state index in [4.69, 9.17) is 13.4 Å². The van der Waals surface area contributed by atoms with Gasteiger partial charge in [0.15, 0.2) is 0 Å². The molecule has 0 aliphatic carbocycles. The standard InChI is InChI=1S/CH4O.Cd.ClH/c1-2;;/h2H,1H3;;1H/q;+1;/p-1. The third-order valence-electron chi connectivity index (χ3n) is 0. The molecular weight excluding hydrogens is 176 g/mol. The summed E-state index contributed by atoms with van der Waals surface area (Å²) < 4.78 is 0. The number of aliphatic hydroxyl groups excluding tert-OH is 1. The number of aliphatic hydroxyl groups is 1. The van der Waals surface area contributed by atoms with E-state index < -0.39 is 0 Å². The summed E-state index contributed by atoms with van der Waals surface area (Å²) in [6, 6.07) is 0. The van der Waals surface area contributed by atoms with Gasteiger partial charge in [-0.15, -0.1) is 0 Å². The van der Waals surface area contributed by atoms with Gasteiger partial charge in [0.1, 0.15) is 0 Å². The summed E-state index contributed by atoms with van der Waals surface area (Å²) in [5.74, 6) is 0. The zero-order valence-corrected chi connectivity index (χ0v) is 7.32. The maximum atomic E-state index is 7.00. The van der Waals surface area contributed by atoms with Crippen molar-refractivity contribution >= 4 is 8.32 Å². The molecule has 0 aliphatic rings. The van der Waals surface area contributed by atoms with Crippen LogP contribution in [0.1, 0.15) is 0 Å². The third kappa shape index (κ3) is 10.9. The normalized spacial score (nSPS) is 3.25. The third-order valence-corrected chi connectivity index (χ3v) is 0. The van der Waals surface area contributed by atoms with Crippen molar-refractivity contribution in [3.05, 3.63) is 0 Å². The van der Waals surface area contributed by atoms with E-state index in [2.05, 4.69) is 0 Å². The summed E-state index contributed by atoms with van der Waals surface area (Å²) >= 11 is 0.622. The van der Waals surface area contributed by atoms with Crippen LogP contribution in [0.25, 0.3) is 0 Å². The molecule has 0 aromatic heterocycles. The number of rotatable bonds is 0. The Morgan fingerprint density at radius 2 is 1.50 bits per heavy atom. The molecule has 0 saturated heterocycles. The monoisotopic (exact) mass is 181 g/mol. The van der Waals surface area contributed by atoms with Crippen LogP contribution < -0.4 is 0 Å². The van der Waals surface area contributed by atoms with E-state index in [0.717, 1.165) is 7.11 Å². The van der Waals surface area contributed by atoms with E-state index in [0.29, 0.717) is 24.5 Å². The maximum absolute atomic E-state index is 7.00. The van der Waals surface area contributed by atoms with Crippen LogP contribution in [0, 0.1) is 0 Å². The number of halogens is 1. The fraction of sp³-hybridized carbons (Fsp3) is 1.00. The van der Waals surface area contributed by atoms with Gasteiger partial charge in [-0.2, -0.15) is 0 Å². The molecule has 0 spiro atoms. The van der Waals surface area contributed by atoms with E-state index in [1.807, 2.05) is 0 Å². The molecule has 0 amide bonds. The molecule has 0 radical (unpaired) electrons. The zero-order valence-electron chi connectivity index (χ0n) is 2.53. The van der Waals surface area contributed by atoms with E-state index in [-0.39, 0.29) is 0 Å². The van der Waals surface area contributed by atoms with E-state index >= 15 is 0 Å². The summed E-state index contributed by atoms with van der Waals surface area (Å²) in [7, 11) is 5.81. The molecule has 3 heteroatoms. The predicted molar refractivity (Wildman–Crippen MR) is 14.0 cm³/mol. The van der Waals surface area contributed by atoms with Crippen LogP contribution >= 0.6 is 8.32 Å². The summed E-state index contributed by atoms with van der Waals surface area (Å²) in [6.45, 7) is 0. The predicted octanol–water partition coefficient (Wildman–Crippen LogP) is 0.295. The van der Waals surface area contributed by atoms with Gasteiger partial charge >= 0.3 is 32.9 Å². The van der Waals surface area contributed by atoms with Crippen molar-refractivity contribution in [1.82, 2.24) is 0 Å². The first-order valence-corrected chi connectivity index (χ1v) is 5.83. The first kappa shape index (κ1) is 8.95. The van der Waals surface area contributed by atoms with Gasteiger partial charge in [-0.05, 0) is 0 Å². The Kier molecular flexibility index (Phi) is 68.4. The van der Waals surface area contributed by atoms with Gasteiger partial charge in [0.2, 0.25) is 0 Å². The van der Waals surface area contributed by atoms with E-state index in [9.17, 15) is 0 Å². The van der Waals surface area contributed by atoms with Crippen molar-refractivity contribution in [3.8, 4) is 0 Å². The van der Waals surface area contributed by atoms with Crippen molar-refractivity contribution in [3.63, 3.8) is 0 Å². The van der Waals surface area contributed by atoms with Crippen LogP contribution in [0.4, 0.5) is 0 Å². The average Bonchev–Trinajstić information content (AvgIpc) is 1.50. The molecule has 0 heterocycles. The first-order chi connectivity index (χ1) is 2.00. The topological polar surface area (TPSA) is 20.2 Å². The van der Waals surface area contributed by atoms with Gasteiger partial charge in [-0.25, -0.2) is 0 Å². The molecule has 0 fully saturated rings. The molecule has 0 atom stereocenters. The van der Waals surface area contributed by atoms with Gasteiger partial charge in [0.05, 0.1) is 0 Å². The molecule has 0 aromatic carbocycles. The first-order valence-electron chi connectivity index (χ1n) is 0.714. The van der Waals surface area contributed by atoms with Gasteiger partial charge in [-0.1, -0.05) is 0 Å². The molecule has 0 unspecified atom stereocenters. The van der Waals surface area contributed by atoms with Crippen LogP contribution in [-0.4, -0.2) is 12.2 Å². The van der Waals surface area contributed by atoms with Crippen molar-refractivity contribution in [2.75, 3.05) is 7.11 Å². The van der Waals surface area contributed by atoms with Crippen molar-refractivity contribution in [2.24, 2.45) is 0 Å². The summed E-state index contributed by atoms with van der Waals surface area (Å²) in [6.07, 6.45) is 0. The molecule has 4 heavy (non-hydrogen) atoms. The SMILES string of the molecule is CO.[Cl][Cd]. The second kappa shape index (κ2) is 30.6. The van der Waals surface area contributed by atoms with E-state index in [1.165, 1.54) is 0 Å². The zero-order chi connectivity index (χ0) is 4.00.